The summed E-state index contributed by atoms with van der Waals surface area (Å²) >= 11 is 0. The van der Waals surface area contributed by atoms with Gasteiger partial charge in [0.2, 0.25) is 0 Å². The number of amides is 1. The van der Waals surface area contributed by atoms with E-state index in [4.69, 9.17) is 20.6 Å². The van der Waals surface area contributed by atoms with Crippen LogP contribution in [0.1, 0.15) is 15.9 Å². The standard InChI is InChI=1S/C19H19N3O5/c1-25-18(23)13-3-2-4-15(9-13)26-11-16-10-22(19(24)27-16)14-7-5-12(6-8-14)17(20)21/h2-9,16H,10-11H2,1H3,(H3,20,21). The lowest BCUT2D eigenvalue weighted by Gasteiger charge is -2.14. The molecule has 0 radical (unpaired) electrons. The second kappa shape index (κ2) is 7.77. The minimum atomic E-state index is -0.470. The van der Waals surface area contributed by atoms with E-state index >= 15 is 0 Å². The van der Waals surface area contributed by atoms with Crippen LogP contribution in [0.5, 0.6) is 5.75 Å². The van der Waals surface area contributed by atoms with Crippen molar-refractivity contribution in [2.24, 2.45) is 5.73 Å². The molecular formula is C19H19N3O5. The Hall–Kier alpha value is -3.55. The lowest BCUT2D eigenvalue weighted by Crippen LogP contribution is -2.26. The molecule has 1 heterocycles. The number of cyclic esters (lactones) is 1. The molecule has 0 saturated carbocycles. The van der Waals surface area contributed by atoms with E-state index in [0.717, 1.165) is 0 Å². The second-order valence-corrected chi connectivity index (χ2v) is 5.91. The van der Waals surface area contributed by atoms with Gasteiger partial charge in [0.1, 0.15) is 18.2 Å². The number of esters is 1. The lowest BCUT2D eigenvalue weighted by molar-refractivity contribution is 0.0600. The Kier molecular flexibility index (Phi) is 5.25. The fraction of sp³-hybridized carbons (Fsp3) is 0.211. The number of hydrogen-bond acceptors (Lipinski definition) is 6. The van der Waals surface area contributed by atoms with E-state index in [1.807, 2.05) is 0 Å². The van der Waals surface area contributed by atoms with Crippen LogP contribution in [0.15, 0.2) is 48.5 Å². The first-order valence-corrected chi connectivity index (χ1v) is 8.21. The van der Waals surface area contributed by atoms with E-state index in [0.29, 0.717) is 29.1 Å². The van der Waals surface area contributed by atoms with E-state index in [9.17, 15) is 9.59 Å². The van der Waals surface area contributed by atoms with Crippen molar-refractivity contribution in [2.75, 3.05) is 25.2 Å². The third-order valence-electron chi connectivity index (χ3n) is 4.06. The first-order valence-electron chi connectivity index (χ1n) is 8.21. The minimum absolute atomic E-state index is 0.0361. The molecule has 27 heavy (non-hydrogen) atoms. The largest absolute Gasteiger partial charge is 0.490 e. The van der Waals surface area contributed by atoms with Gasteiger partial charge in [-0.3, -0.25) is 10.3 Å². The number of carbonyl (C=O) groups excluding carboxylic acids is 2. The zero-order chi connectivity index (χ0) is 19.4. The number of anilines is 1. The van der Waals surface area contributed by atoms with E-state index in [1.54, 1.807) is 48.5 Å². The Morgan fingerprint density at radius 3 is 2.67 bits per heavy atom. The Morgan fingerprint density at radius 1 is 1.26 bits per heavy atom. The van der Waals surface area contributed by atoms with Crippen LogP contribution >= 0.6 is 0 Å². The number of nitrogens with two attached hydrogens (primary N) is 1. The van der Waals surface area contributed by atoms with Crippen LogP contribution in [0.25, 0.3) is 0 Å². The smallest absolute Gasteiger partial charge is 0.414 e. The Bertz CT molecular complexity index is 866. The molecular weight excluding hydrogens is 350 g/mol. The van der Waals surface area contributed by atoms with Gasteiger partial charge in [0.25, 0.3) is 0 Å². The van der Waals surface area contributed by atoms with Gasteiger partial charge in [-0.15, -0.1) is 0 Å². The number of ether oxygens (including phenoxy) is 3. The van der Waals surface area contributed by atoms with Gasteiger partial charge in [-0.1, -0.05) is 6.07 Å². The fourth-order valence-electron chi connectivity index (χ4n) is 2.66. The molecule has 140 valence electrons. The molecule has 1 aliphatic rings. The molecule has 8 heteroatoms. The maximum atomic E-state index is 12.1. The number of methoxy groups -OCH3 is 1. The highest BCUT2D eigenvalue weighted by atomic mass is 16.6. The molecule has 1 unspecified atom stereocenters. The number of benzene rings is 2. The van der Waals surface area contributed by atoms with Crippen molar-refractivity contribution in [3.05, 3.63) is 59.7 Å². The highest BCUT2D eigenvalue weighted by Crippen LogP contribution is 2.23. The van der Waals surface area contributed by atoms with Crippen molar-refractivity contribution >= 4 is 23.6 Å². The molecule has 1 amide bonds. The molecule has 2 aromatic carbocycles. The van der Waals surface area contributed by atoms with Gasteiger partial charge in [0.05, 0.1) is 19.2 Å². The Morgan fingerprint density at radius 2 is 2.00 bits per heavy atom. The van der Waals surface area contributed by atoms with Crippen molar-refractivity contribution in [1.29, 1.82) is 5.41 Å². The molecule has 1 atom stereocenters. The summed E-state index contributed by atoms with van der Waals surface area (Å²) in [6.07, 6.45) is -0.922. The van der Waals surface area contributed by atoms with Crippen LogP contribution in [0, 0.1) is 5.41 Å². The summed E-state index contributed by atoms with van der Waals surface area (Å²) in [5.74, 6) is -0.00264. The van der Waals surface area contributed by atoms with Crippen LogP contribution < -0.4 is 15.4 Å². The number of carbonyl (C=O) groups is 2. The van der Waals surface area contributed by atoms with Crippen molar-refractivity contribution in [2.45, 2.75) is 6.10 Å². The van der Waals surface area contributed by atoms with Gasteiger partial charge >= 0.3 is 12.1 Å². The van der Waals surface area contributed by atoms with Gasteiger partial charge in [0, 0.05) is 11.3 Å². The fourth-order valence-corrected chi connectivity index (χ4v) is 2.66. The highest BCUT2D eigenvalue weighted by molar-refractivity contribution is 5.96. The molecule has 0 aliphatic carbocycles. The van der Waals surface area contributed by atoms with E-state index < -0.39 is 18.2 Å². The van der Waals surface area contributed by atoms with Crippen molar-refractivity contribution in [3.8, 4) is 5.75 Å². The molecule has 1 aliphatic heterocycles. The SMILES string of the molecule is COC(=O)c1cccc(OCC2CN(c3ccc(C(=N)N)cc3)C(=O)O2)c1. The second-order valence-electron chi connectivity index (χ2n) is 5.91. The van der Waals surface area contributed by atoms with Crippen LogP contribution in [-0.4, -0.2) is 44.3 Å². The molecule has 3 N–H and O–H groups in total. The van der Waals surface area contributed by atoms with E-state index in [2.05, 4.69) is 4.74 Å². The molecule has 3 rings (SSSR count). The first-order chi connectivity index (χ1) is 13.0. The summed E-state index contributed by atoms with van der Waals surface area (Å²) in [4.78, 5) is 25.2. The molecule has 1 saturated heterocycles. The van der Waals surface area contributed by atoms with Crippen molar-refractivity contribution in [1.82, 2.24) is 0 Å². The summed E-state index contributed by atoms with van der Waals surface area (Å²) < 4.78 is 15.7. The lowest BCUT2D eigenvalue weighted by atomic mass is 10.2. The Labute approximate surface area is 155 Å². The molecule has 8 nitrogen and oxygen atoms in total. The third kappa shape index (κ3) is 4.17. The number of amidine groups is 1. The van der Waals surface area contributed by atoms with Crippen LogP contribution in [-0.2, 0) is 9.47 Å². The predicted molar refractivity (Wildman–Crippen MR) is 98.3 cm³/mol. The normalized spacial score (nSPS) is 16.0. The predicted octanol–water partition coefficient (Wildman–Crippen LogP) is 2.16. The monoisotopic (exact) mass is 369 g/mol. The van der Waals surface area contributed by atoms with Gasteiger partial charge in [-0.05, 0) is 42.5 Å². The average Bonchev–Trinajstić information content (AvgIpc) is 3.06. The van der Waals surface area contributed by atoms with Gasteiger partial charge < -0.3 is 19.9 Å². The van der Waals surface area contributed by atoms with Gasteiger partial charge in [-0.2, -0.15) is 0 Å². The minimum Gasteiger partial charge on any atom is -0.490 e. The van der Waals surface area contributed by atoms with Gasteiger partial charge in [0.15, 0.2) is 6.10 Å². The number of nitrogen functional groups attached to an aromatic ring is 1. The van der Waals surface area contributed by atoms with Crippen LogP contribution in [0.2, 0.25) is 0 Å². The number of nitrogens with zero attached hydrogens (tertiary/aromatic N) is 1. The molecule has 0 aromatic heterocycles. The van der Waals surface area contributed by atoms with Crippen molar-refractivity contribution in [3.63, 3.8) is 0 Å². The maximum absolute atomic E-state index is 12.1. The quantitative estimate of drug-likeness (QED) is 0.458. The highest BCUT2D eigenvalue weighted by Gasteiger charge is 2.32. The molecule has 0 spiro atoms. The third-order valence-corrected chi connectivity index (χ3v) is 4.06. The number of nitrogens with one attached hydrogen (secondary N) is 1. The number of rotatable bonds is 6. The zero-order valence-corrected chi connectivity index (χ0v) is 14.7. The van der Waals surface area contributed by atoms with Crippen LogP contribution in [0.3, 0.4) is 0 Å². The van der Waals surface area contributed by atoms with E-state index in [1.165, 1.54) is 12.0 Å². The van der Waals surface area contributed by atoms with Crippen molar-refractivity contribution < 1.29 is 23.8 Å². The summed E-state index contributed by atoms with van der Waals surface area (Å²) in [5, 5.41) is 7.40. The van der Waals surface area contributed by atoms with Gasteiger partial charge in [-0.25, -0.2) is 9.59 Å². The molecule has 1 fully saturated rings. The van der Waals surface area contributed by atoms with E-state index in [-0.39, 0.29) is 12.4 Å². The summed E-state index contributed by atoms with van der Waals surface area (Å²) in [6.45, 7) is 0.480. The first kappa shape index (κ1) is 18.2. The summed E-state index contributed by atoms with van der Waals surface area (Å²) in [5.41, 5.74) is 7.05. The summed E-state index contributed by atoms with van der Waals surface area (Å²) in [6, 6.07) is 13.4. The van der Waals surface area contributed by atoms with Crippen LogP contribution in [0.4, 0.5) is 10.5 Å². The molecule has 2 aromatic rings. The maximum Gasteiger partial charge on any atom is 0.414 e. The topological polar surface area (TPSA) is 115 Å². The molecule has 0 bridgehead atoms. The summed E-state index contributed by atoms with van der Waals surface area (Å²) in [7, 11) is 1.31. The Balaban J connectivity index is 1.61. The average molecular weight is 369 g/mol. The number of hydrogen-bond donors (Lipinski definition) is 2. The zero-order valence-electron chi connectivity index (χ0n) is 14.7.